The molecule has 0 spiro atoms. The van der Waals surface area contributed by atoms with Crippen LogP contribution < -0.4 is 5.32 Å². The lowest BCUT2D eigenvalue weighted by Crippen LogP contribution is -2.31. The zero-order valence-electron chi connectivity index (χ0n) is 17.3. The zero-order chi connectivity index (χ0) is 22.6. The molecule has 2 aromatic carbocycles. The van der Waals surface area contributed by atoms with Gasteiger partial charge in [-0.05, 0) is 68.7 Å². The first-order valence-electron chi connectivity index (χ1n) is 9.99. The highest BCUT2D eigenvalue weighted by atomic mass is 32.2. The minimum absolute atomic E-state index is 0.0933. The molecule has 164 valence electrons. The van der Waals surface area contributed by atoms with Gasteiger partial charge in [-0.1, -0.05) is 11.8 Å². The summed E-state index contributed by atoms with van der Waals surface area (Å²) in [5.74, 6) is -0.937. The van der Waals surface area contributed by atoms with Crippen LogP contribution in [-0.2, 0) is 10.0 Å². The maximum atomic E-state index is 12.8. The van der Waals surface area contributed by atoms with Gasteiger partial charge in [-0.25, -0.2) is 17.7 Å². The maximum Gasteiger partial charge on any atom is 0.269 e. The predicted molar refractivity (Wildman–Crippen MR) is 123 cm³/mol. The Morgan fingerprint density at radius 1 is 1.19 bits per heavy atom. The number of hydrogen-bond acceptors (Lipinski definition) is 7. The first-order valence-corrected chi connectivity index (χ1v) is 13.1. The Bertz CT molecular complexity index is 1380. The van der Waals surface area contributed by atoms with E-state index in [9.17, 15) is 18.0 Å². The fourth-order valence-corrected chi connectivity index (χ4v) is 7.32. The molecule has 10 heteroatoms. The van der Waals surface area contributed by atoms with Crippen molar-refractivity contribution in [1.82, 2.24) is 9.29 Å². The van der Waals surface area contributed by atoms with Crippen LogP contribution in [0.5, 0.6) is 0 Å². The number of aryl methyl sites for hydroxylation is 2. The van der Waals surface area contributed by atoms with Crippen LogP contribution in [0.4, 0.5) is 5.69 Å². The number of nitrogens with zero attached hydrogens (tertiary/aromatic N) is 2. The number of rotatable bonds is 5. The van der Waals surface area contributed by atoms with Crippen molar-refractivity contribution < 1.29 is 18.0 Å². The summed E-state index contributed by atoms with van der Waals surface area (Å²) < 4.78 is 27.6. The van der Waals surface area contributed by atoms with E-state index in [2.05, 4.69) is 10.3 Å². The van der Waals surface area contributed by atoms with Crippen LogP contribution in [0.2, 0.25) is 0 Å². The summed E-state index contributed by atoms with van der Waals surface area (Å²) >= 11 is 3.14. The van der Waals surface area contributed by atoms with Gasteiger partial charge in [0.25, 0.3) is 21.8 Å². The Kier molecular flexibility index (Phi) is 5.11. The van der Waals surface area contributed by atoms with Crippen molar-refractivity contribution in [3.8, 4) is 0 Å². The number of nitrogens with one attached hydrogen (secondary N) is 1. The molecule has 32 heavy (non-hydrogen) atoms. The number of sulfonamides is 1. The molecular formula is C22H19N3O4S3. The first-order chi connectivity index (χ1) is 15.2. The van der Waals surface area contributed by atoms with Gasteiger partial charge >= 0.3 is 0 Å². The van der Waals surface area contributed by atoms with Gasteiger partial charge in [0.1, 0.15) is 4.90 Å². The molecule has 5 rings (SSSR count). The smallest absolute Gasteiger partial charge is 0.269 e. The molecule has 3 aromatic rings. The van der Waals surface area contributed by atoms with Crippen LogP contribution >= 0.6 is 23.1 Å². The summed E-state index contributed by atoms with van der Waals surface area (Å²) in [4.78, 5) is 30.7. The van der Waals surface area contributed by atoms with Crippen molar-refractivity contribution in [2.75, 3.05) is 5.32 Å². The van der Waals surface area contributed by atoms with Crippen LogP contribution in [0.25, 0.3) is 0 Å². The SMILES string of the molecule is Cc1csc(Sc2ccc(NC(=O)c3ccc4c(c3)S(=O)(=O)N(C3CC3)C4=O)c(C)c2)n1. The normalized spacial score (nSPS) is 16.8. The van der Waals surface area contributed by atoms with Crippen molar-refractivity contribution >= 4 is 50.6 Å². The van der Waals surface area contributed by atoms with Gasteiger partial charge < -0.3 is 5.32 Å². The summed E-state index contributed by atoms with van der Waals surface area (Å²) in [6.45, 7) is 3.85. The van der Waals surface area contributed by atoms with E-state index in [0.717, 1.165) is 24.8 Å². The largest absolute Gasteiger partial charge is 0.322 e. The Morgan fingerprint density at radius 3 is 2.62 bits per heavy atom. The van der Waals surface area contributed by atoms with Crippen molar-refractivity contribution in [3.05, 3.63) is 64.2 Å². The molecule has 2 heterocycles. The van der Waals surface area contributed by atoms with Gasteiger partial charge in [0.15, 0.2) is 4.34 Å². The lowest BCUT2D eigenvalue weighted by atomic mass is 10.1. The summed E-state index contributed by atoms with van der Waals surface area (Å²) in [6, 6.07) is 9.64. The van der Waals surface area contributed by atoms with E-state index < -0.39 is 21.8 Å². The Labute approximate surface area is 193 Å². The van der Waals surface area contributed by atoms with Crippen LogP contribution in [0, 0.1) is 13.8 Å². The Balaban J connectivity index is 1.36. The number of fused-ring (bicyclic) bond motifs is 1. The molecule has 1 aromatic heterocycles. The molecule has 0 atom stereocenters. The second-order valence-corrected chi connectivity index (χ2v) is 11.8. The topological polar surface area (TPSA) is 96.4 Å². The molecule has 7 nitrogen and oxygen atoms in total. The molecule has 0 bridgehead atoms. The van der Waals surface area contributed by atoms with Crippen molar-refractivity contribution in [2.45, 2.75) is 46.9 Å². The summed E-state index contributed by atoms with van der Waals surface area (Å²) in [7, 11) is -3.91. The zero-order valence-corrected chi connectivity index (χ0v) is 19.7. The number of carbonyl (C=O) groups is 2. The molecule has 2 amide bonds. The summed E-state index contributed by atoms with van der Waals surface area (Å²) in [5.41, 5.74) is 2.81. The quantitative estimate of drug-likeness (QED) is 0.573. The molecule has 0 radical (unpaired) electrons. The molecule has 1 aliphatic carbocycles. The van der Waals surface area contributed by atoms with Crippen LogP contribution in [0.1, 0.15) is 44.8 Å². The fourth-order valence-electron chi connectivity index (χ4n) is 3.57. The molecule has 1 aliphatic heterocycles. The lowest BCUT2D eigenvalue weighted by molar-refractivity contribution is 0.0864. The van der Waals surface area contributed by atoms with Gasteiger partial charge in [-0.2, -0.15) is 0 Å². The minimum Gasteiger partial charge on any atom is -0.322 e. The number of hydrogen-bond donors (Lipinski definition) is 1. The average molecular weight is 486 g/mol. The van der Waals surface area contributed by atoms with Crippen molar-refractivity contribution in [2.24, 2.45) is 0 Å². The number of amides is 2. The second kappa shape index (κ2) is 7.72. The van der Waals surface area contributed by atoms with Gasteiger partial charge in [0.05, 0.1) is 5.56 Å². The van der Waals surface area contributed by atoms with E-state index in [-0.39, 0.29) is 22.1 Å². The minimum atomic E-state index is -3.91. The molecule has 1 fully saturated rings. The van der Waals surface area contributed by atoms with Crippen LogP contribution in [-0.4, -0.2) is 35.6 Å². The third kappa shape index (κ3) is 3.72. The molecule has 1 N–H and O–H groups in total. The third-order valence-corrected chi connectivity index (χ3v) is 9.26. The predicted octanol–water partition coefficient (Wildman–Crippen LogP) is 4.47. The van der Waals surface area contributed by atoms with E-state index in [1.807, 2.05) is 37.4 Å². The van der Waals surface area contributed by atoms with Crippen molar-refractivity contribution in [3.63, 3.8) is 0 Å². The summed E-state index contributed by atoms with van der Waals surface area (Å²) in [6.07, 6.45) is 1.37. The Morgan fingerprint density at radius 2 is 1.97 bits per heavy atom. The fraction of sp³-hybridized carbons (Fsp3) is 0.227. The van der Waals surface area contributed by atoms with Gasteiger partial charge in [0, 0.05) is 33.3 Å². The van der Waals surface area contributed by atoms with Gasteiger partial charge in [-0.3, -0.25) is 9.59 Å². The van der Waals surface area contributed by atoms with Crippen LogP contribution in [0.3, 0.4) is 0 Å². The first kappa shape index (κ1) is 21.2. The van der Waals surface area contributed by atoms with Gasteiger partial charge in [-0.15, -0.1) is 11.3 Å². The summed E-state index contributed by atoms with van der Waals surface area (Å²) in [5, 5.41) is 4.84. The van der Waals surface area contributed by atoms with E-state index in [1.165, 1.54) is 18.2 Å². The number of carbonyl (C=O) groups excluding carboxylic acids is 2. The van der Waals surface area contributed by atoms with E-state index in [1.54, 1.807) is 23.1 Å². The molecule has 2 aliphatic rings. The van der Waals surface area contributed by atoms with Gasteiger partial charge in [0.2, 0.25) is 0 Å². The molecule has 1 saturated carbocycles. The van der Waals surface area contributed by atoms with E-state index >= 15 is 0 Å². The number of benzene rings is 2. The maximum absolute atomic E-state index is 12.8. The highest BCUT2D eigenvalue weighted by molar-refractivity contribution is 8.01. The van der Waals surface area contributed by atoms with Crippen LogP contribution in [0.15, 0.2) is 55.9 Å². The van der Waals surface area contributed by atoms with Crippen molar-refractivity contribution in [1.29, 1.82) is 0 Å². The molecule has 0 unspecified atom stereocenters. The molecular weight excluding hydrogens is 466 g/mol. The lowest BCUT2D eigenvalue weighted by Gasteiger charge is -2.13. The Hall–Kier alpha value is -2.69. The van der Waals surface area contributed by atoms with E-state index in [0.29, 0.717) is 18.5 Å². The number of anilines is 1. The van der Waals surface area contributed by atoms with E-state index in [4.69, 9.17) is 0 Å². The highest BCUT2D eigenvalue weighted by Crippen LogP contribution is 2.40. The standard InChI is InChI=1S/C22H19N3O4S3/c1-12-9-16(31-22-23-13(2)11-30-22)6-8-18(12)24-20(26)14-3-7-17-19(10-14)32(28,29)25(21(17)27)15-4-5-15/h3,6-11,15H,4-5H2,1-2H3,(H,24,26). The monoisotopic (exact) mass is 485 g/mol. The average Bonchev–Trinajstić information content (AvgIpc) is 3.45. The number of thiazole rings is 1. The number of aromatic nitrogens is 1. The molecule has 0 saturated heterocycles. The third-order valence-electron chi connectivity index (χ3n) is 5.34. The second-order valence-electron chi connectivity index (χ2n) is 7.84. The highest BCUT2D eigenvalue weighted by Gasteiger charge is 2.48.